The molecule has 0 aliphatic carbocycles. The van der Waals surface area contributed by atoms with E-state index in [2.05, 4.69) is 80.3 Å². The first-order valence-corrected chi connectivity index (χ1v) is 10.4. The summed E-state index contributed by atoms with van der Waals surface area (Å²) in [6.45, 7) is 8.82. The lowest BCUT2D eigenvalue weighted by Crippen LogP contribution is -2.37. The van der Waals surface area contributed by atoms with Crippen LogP contribution in [0.3, 0.4) is 0 Å². The molecule has 2 aromatic carbocycles. The molecule has 0 aromatic heterocycles. The average Bonchev–Trinajstić information content (AvgIpc) is 2.72. The van der Waals surface area contributed by atoms with Crippen LogP contribution in [0, 0.1) is 6.92 Å². The molecule has 0 atom stereocenters. The van der Waals surface area contributed by atoms with Gasteiger partial charge in [-0.25, -0.2) is 0 Å². The predicted molar refractivity (Wildman–Crippen MR) is 119 cm³/mol. The van der Waals surface area contributed by atoms with E-state index in [-0.39, 0.29) is 5.78 Å². The minimum Gasteiger partial charge on any atom is -0.295 e. The SMILES string of the molecule is CCCCc1ccc(/C=C2\CN(CC)C/C(=C\c3ccc(C)cc3)C2=O)cc1. The fourth-order valence-corrected chi connectivity index (χ4v) is 3.56. The van der Waals surface area contributed by atoms with Crippen molar-refractivity contribution in [2.75, 3.05) is 19.6 Å². The highest BCUT2D eigenvalue weighted by molar-refractivity contribution is 6.14. The molecular weight excluding hydrogens is 342 g/mol. The number of aryl methyl sites for hydroxylation is 2. The lowest BCUT2D eigenvalue weighted by molar-refractivity contribution is -0.113. The molecule has 0 amide bonds. The summed E-state index contributed by atoms with van der Waals surface area (Å²) in [7, 11) is 0. The summed E-state index contributed by atoms with van der Waals surface area (Å²) in [4.78, 5) is 15.4. The first kappa shape index (κ1) is 20.3. The normalized spacial score (nSPS) is 18.2. The maximum atomic E-state index is 13.1. The number of piperidine rings is 1. The molecule has 1 aliphatic rings. The van der Waals surface area contributed by atoms with Crippen LogP contribution in [-0.2, 0) is 11.2 Å². The zero-order valence-corrected chi connectivity index (χ0v) is 17.4. The molecule has 2 aromatic rings. The van der Waals surface area contributed by atoms with Crippen LogP contribution in [0.2, 0.25) is 0 Å². The van der Waals surface area contributed by atoms with Gasteiger partial charge in [-0.1, -0.05) is 74.4 Å². The second kappa shape index (κ2) is 9.66. The van der Waals surface area contributed by atoms with Gasteiger partial charge >= 0.3 is 0 Å². The van der Waals surface area contributed by atoms with Crippen molar-refractivity contribution in [1.29, 1.82) is 0 Å². The summed E-state index contributed by atoms with van der Waals surface area (Å²) in [5.41, 5.74) is 6.56. The fraction of sp³-hybridized carbons (Fsp3) is 0.346. The monoisotopic (exact) mass is 373 g/mol. The van der Waals surface area contributed by atoms with Crippen LogP contribution in [0.25, 0.3) is 12.2 Å². The molecule has 1 saturated heterocycles. The Hall–Kier alpha value is -2.45. The summed E-state index contributed by atoms with van der Waals surface area (Å²) in [6.07, 6.45) is 7.67. The lowest BCUT2D eigenvalue weighted by atomic mass is 9.94. The zero-order valence-electron chi connectivity index (χ0n) is 17.4. The number of likely N-dealkylation sites (tertiary alicyclic amines) is 1. The summed E-state index contributed by atoms with van der Waals surface area (Å²) in [5, 5.41) is 0. The fourth-order valence-electron chi connectivity index (χ4n) is 3.56. The molecule has 1 aliphatic heterocycles. The van der Waals surface area contributed by atoms with Crippen LogP contribution in [0.4, 0.5) is 0 Å². The zero-order chi connectivity index (χ0) is 19.9. The number of unbranched alkanes of at least 4 members (excludes halogenated alkanes) is 1. The van der Waals surface area contributed by atoms with Crippen LogP contribution in [0.1, 0.15) is 48.9 Å². The van der Waals surface area contributed by atoms with E-state index in [1.165, 1.54) is 24.0 Å². The van der Waals surface area contributed by atoms with Gasteiger partial charge in [0.25, 0.3) is 0 Å². The number of ketones is 1. The smallest absolute Gasteiger partial charge is 0.187 e. The van der Waals surface area contributed by atoms with Gasteiger partial charge in [0.1, 0.15) is 0 Å². The molecule has 3 rings (SSSR count). The number of benzene rings is 2. The highest BCUT2D eigenvalue weighted by atomic mass is 16.1. The Balaban J connectivity index is 1.84. The van der Waals surface area contributed by atoms with Crippen LogP contribution in [-0.4, -0.2) is 30.3 Å². The molecule has 0 N–H and O–H groups in total. The highest BCUT2D eigenvalue weighted by Gasteiger charge is 2.25. The molecule has 2 heteroatoms. The second-order valence-corrected chi connectivity index (χ2v) is 7.73. The number of carbonyl (C=O) groups is 1. The third-order valence-electron chi connectivity index (χ3n) is 5.38. The van der Waals surface area contributed by atoms with Gasteiger partial charge in [0.15, 0.2) is 5.78 Å². The third kappa shape index (κ3) is 5.30. The second-order valence-electron chi connectivity index (χ2n) is 7.73. The third-order valence-corrected chi connectivity index (χ3v) is 5.38. The molecule has 0 bridgehead atoms. The molecule has 0 spiro atoms. The van der Waals surface area contributed by atoms with E-state index in [0.29, 0.717) is 0 Å². The number of rotatable bonds is 6. The van der Waals surface area contributed by atoms with Gasteiger partial charge in [0, 0.05) is 24.2 Å². The van der Waals surface area contributed by atoms with Crippen molar-refractivity contribution in [2.45, 2.75) is 40.0 Å². The summed E-state index contributed by atoms with van der Waals surface area (Å²) >= 11 is 0. The van der Waals surface area contributed by atoms with Crippen molar-refractivity contribution < 1.29 is 4.79 Å². The molecule has 0 saturated carbocycles. The number of nitrogens with zero attached hydrogens (tertiary/aromatic N) is 1. The van der Waals surface area contributed by atoms with Crippen LogP contribution >= 0.6 is 0 Å². The molecule has 28 heavy (non-hydrogen) atoms. The Morgan fingerprint density at radius 3 is 1.89 bits per heavy atom. The molecule has 146 valence electrons. The largest absolute Gasteiger partial charge is 0.295 e. The summed E-state index contributed by atoms with van der Waals surface area (Å²) < 4.78 is 0. The van der Waals surface area contributed by atoms with Gasteiger partial charge in [0.2, 0.25) is 0 Å². The first-order chi connectivity index (χ1) is 13.6. The van der Waals surface area contributed by atoms with Crippen molar-refractivity contribution in [3.8, 4) is 0 Å². The molecule has 1 heterocycles. The van der Waals surface area contributed by atoms with E-state index in [1.54, 1.807) is 0 Å². The van der Waals surface area contributed by atoms with E-state index < -0.39 is 0 Å². The van der Waals surface area contributed by atoms with Crippen molar-refractivity contribution in [3.05, 3.63) is 81.9 Å². The van der Waals surface area contributed by atoms with Gasteiger partial charge in [0.05, 0.1) is 0 Å². The Morgan fingerprint density at radius 2 is 1.39 bits per heavy atom. The van der Waals surface area contributed by atoms with Gasteiger partial charge < -0.3 is 0 Å². The summed E-state index contributed by atoms with van der Waals surface area (Å²) in [6, 6.07) is 17.0. The highest BCUT2D eigenvalue weighted by Crippen LogP contribution is 2.22. The number of hydrogen-bond acceptors (Lipinski definition) is 2. The minimum atomic E-state index is 0.181. The Morgan fingerprint density at radius 1 is 0.857 bits per heavy atom. The number of carbonyl (C=O) groups excluding carboxylic acids is 1. The number of Topliss-reactive ketones (excluding diaryl/α,β-unsaturated/α-hetero) is 1. The Kier molecular flexibility index (Phi) is 7.00. The Bertz CT molecular complexity index is 856. The van der Waals surface area contributed by atoms with Crippen molar-refractivity contribution >= 4 is 17.9 Å². The molecule has 0 radical (unpaired) electrons. The van der Waals surface area contributed by atoms with E-state index in [0.717, 1.165) is 48.3 Å². The quantitative estimate of drug-likeness (QED) is 0.605. The maximum absolute atomic E-state index is 13.1. The average molecular weight is 374 g/mol. The molecule has 2 nitrogen and oxygen atoms in total. The predicted octanol–water partition coefficient (Wildman–Crippen LogP) is 5.71. The van der Waals surface area contributed by atoms with Gasteiger partial charge in [-0.15, -0.1) is 0 Å². The van der Waals surface area contributed by atoms with Crippen LogP contribution < -0.4 is 0 Å². The van der Waals surface area contributed by atoms with E-state index in [1.807, 2.05) is 6.08 Å². The lowest BCUT2D eigenvalue weighted by Gasteiger charge is -2.28. The minimum absolute atomic E-state index is 0.181. The van der Waals surface area contributed by atoms with Gasteiger partial charge in [-0.3, -0.25) is 9.69 Å². The van der Waals surface area contributed by atoms with E-state index in [9.17, 15) is 4.79 Å². The van der Waals surface area contributed by atoms with Gasteiger partial charge in [-0.05, 0) is 55.2 Å². The van der Waals surface area contributed by atoms with Crippen molar-refractivity contribution in [1.82, 2.24) is 4.90 Å². The van der Waals surface area contributed by atoms with Crippen molar-refractivity contribution in [2.24, 2.45) is 0 Å². The Labute approximate surface area is 169 Å². The molecule has 0 unspecified atom stereocenters. The summed E-state index contributed by atoms with van der Waals surface area (Å²) in [5.74, 6) is 0.181. The van der Waals surface area contributed by atoms with Gasteiger partial charge in [-0.2, -0.15) is 0 Å². The topological polar surface area (TPSA) is 20.3 Å². The molecule has 1 fully saturated rings. The van der Waals surface area contributed by atoms with E-state index >= 15 is 0 Å². The molecular formula is C26H31NO. The van der Waals surface area contributed by atoms with Crippen molar-refractivity contribution in [3.63, 3.8) is 0 Å². The number of likely N-dealkylation sites (N-methyl/N-ethyl adjacent to an activating group) is 1. The number of hydrogen-bond donors (Lipinski definition) is 0. The van der Waals surface area contributed by atoms with Crippen LogP contribution in [0.15, 0.2) is 59.7 Å². The maximum Gasteiger partial charge on any atom is 0.187 e. The van der Waals surface area contributed by atoms with E-state index in [4.69, 9.17) is 0 Å². The first-order valence-electron chi connectivity index (χ1n) is 10.4. The standard InChI is InChI=1S/C26H31NO/c1-4-6-7-21-12-14-23(15-13-21)17-25-19-27(5-2)18-24(26(25)28)16-22-10-8-20(3)9-11-22/h8-17H,4-7,18-19H2,1-3H3/b24-16+,25-17+. The van der Waals surface area contributed by atoms with Crippen LogP contribution in [0.5, 0.6) is 0 Å².